The number of nitrogens with one attached hydrogen (secondary N) is 2. The zero-order valence-electron chi connectivity index (χ0n) is 11.2. The zero-order chi connectivity index (χ0) is 14.5. The highest BCUT2D eigenvalue weighted by atomic mass is 19.1. The van der Waals surface area contributed by atoms with Gasteiger partial charge >= 0.3 is 5.97 Å². The minimum absolute atomic E-state index is 0.0141. The summed E-state index contributed by atoms with van der Waals surface area (Å²) in [5, 5.41) is 5.85. The van der Waals surface area contributed by atoms with Crippen LogP contribution in [0.5, 0.6) is 0 Å². The molecule has 1 heterocycles. The van der Waals surface area contributed by atoms with Crippen LogP contribution in [-0.2, 0) is 9.53 Å². The van der Waals surface area contributed by atoms with E-state index in [1.54, 1.807) is 0 Å². The molecule has 0 aromatic heterocycles. The van der Waals surface area contributed by atoms with E-state index in [1.807, 2.05) is 0 Å². The molecule has 2 N–H and O–H groups in total. The van der Waals surface area contributed by atoms with Gasteiger partial charge in [-0.25, -0.2) is 9.18 Å². The van der Waals surface area contributed by atoms with Crippen molar-refractivity contribution in [1.29, 1.82) is 0 Å². The molecule has 1 aliphatic heterocycles. The molecule has 2 rings (SSSR count). The van der Waals surface area contributed by atoms with Gasteiger partial charge in [-0.1, -0.05) is 0 Å². The van der Waals surface area contributed by atoms with Crippen LogP contribution in [0.1, 0.15) is 29.6 Å². The van der Waals surface area contributed by atoms with Gasteiger partial charge in [0.2, 0.25) is 5.91 Å². The number of carbonyl (C=O) groups is 2. The Labute approximate surface area is 116 Å². The Morgan fingerprint density at radius 1 is 1.50 bits per heavy atom. The molecular formula is C14H17FN2O3. The first-order chi connectivity index (χ1) is 9.60. The van der Waals surface area contributed by atoms with Crippen molar-refractivity contribution < 1.29 is 18.7 Å². The van der Waals surface area contributed by atoms with Gasteiger partial charge in [-0.2, -0.15) is 0 Å². The molecular weight excluding hydrogens is 263 g/mol. The van der Waals surface area contributed by atoms with Crippen molar-refractivity contribution in [2.75, 3.05) is 19.0 Å². The highest BCUT2D eigenvalue weighted by molar-refractivity contribution is 6.01. The van der Waals surface area contributed by atoms with Gasteiger partial charge in [-0.05, 0) is 37.6 Å². The Bertz CT molecular complexity index is 513. The first-order valence-corrected chi connectivity index (χ1v) is 6.51. The number of benzene rings is 1. The standard InChI is InChI=1S/C14H17FN2O3/c1-20-14(19)11-7-9(15)4-5-12(11)17-13(18)8-10-3-2-6-16-10/h4-5,7,10,16H,2-3,6,8H2,1H3,(H,17,18). The van der Waals surface area contributed by atoms with E-state index in [1.165, 1.54) is 19.2 Å². The molecule has 1 saturated heterocycles. The predicted molar refractivity (Wildman–Crippen MR) is 72.0 cm³/mol. The Balaban J connectivity index is 2.07. The lowest BCUT2D eigenvalue weighted by Gasteiger charge is -2.12. The molecule has 1 aromatic carbocycles. The molecule has 1 fully saturated rings. The number of carbonyl (C=O) groups excluding carboxylic acids is 2. The Morgan fingerprint density at radius 3 is 2.95 bits per heavy atom. The zero-order valence-corrected chi connectivity index (χ0v) is 11.2. The van der Waals surface area contributed by atoms with E-state index in [0.29, 0.717) is 6.42 Å². The average molecular weight is 280 g/mol. The van der Waals surface area contributed by atoms with Gasteiger partial charge in [0.15, 0.2) is 0 Å². The molecule has 108 valence electrons. The fraction of sp³-hybridized carbons (Fsp3) is 0.429. The van der Waals surface area contributed by atoms with Crippen LogP contribution < -0.4 is 10.6 Å². The fourth-order valence-electron chi connectivity index (χ4n) is 2.26. The second kappa shape index (κ2) is 6.47. The van der Waals surface area contributed by atoms with Crippen molar-refractivity contribution in [3.05, 3.63) is 29.6 Å². The summed E-state index contributed by atoms with van der Waals surface area (Å²) in [6.45, 7) is 0.919. The Kier molecular flexibility index (Phi) is 4.68. The van der Waals surface area contributed by atoms with Crippen molar-refractivity contribution in [2.24, 2.45) is 0 Å². The summed E-state index contributed by atoms with van der Waals surface area (Å²) in [6.07, 6.45) is 2.35. The van der Waals surface area contributed by atoms with Gasteiger partial charge < -0.3 is 15.4 Å². The number of ether oxygens (including phenoxy) is 1. The third-order valence-corrected chi connectivity index (χ3v) is 3.26. The Hall–Kier alpha value is -1.95. The van der Waals surface area contributed by atoms with Crippen LogP contribution in [0.2, 0.25) is 0 Å². The third-order valence-electron chi connectivity index (χ3n) is 3.26. The second-order valence-electron chi connectivity index (χ2n) is 4.73. The molecule has 0 radical (unpaired) electrons. The summed E-state index contributed by atoms with van der Waals surface area (Å²) in [6, 6.07) is 3.77. The molecule has 1 amide bonds. The highest BCUT2D eigenvalue weighted by Crippen LogP contribution is 2.19. The summed E-state index contributed by atoms with van der Waals surface area (Å²) in [4.78, 5) is 23.5. The van der Waals surface area contributed by atoms with E-state index >= 15 is 0 Å². The number of anilines is 1. The van der Waals surface area contributed by atoms with E-state index in [2.05, 4.69) is 15.4 Å². The van der Waals surface area contributed by atoms with E-state index in [-0.39, 0.29) is 23.2 Å². The number of rotatable bonds is 4. The Morgan fingerprint density at radius 2 is 2.30 bits per heavy atom. The van der Waals surface area contributed by atoms with Gasteiger partial charge in [0, 0.05) is 12.5 Å². The SMILES string of the molecule is COC(=O)c1cc(F)ccc1NC(=O)CC1CCCN1. The second-order valence-corrected chi connectivity index (χ2v) is 4.73. The van der Waals surface area contributed by atoms with Crippen LogP contribution in [-0.4, -0.2) is 31.6 Å². The molecule has 0 bridgehead atoms. The summed E-state index contributed by atoms with van der Waals surface area (Å²) in [5.74, 6) is -1.44. The lowest BCUT2D eigenvalue weighted by atomic mass is 10.1. The van der Waals surface area contributed by atoms with Gasteiger partial charge in [0.1, 0.15) is 5.82 Å². The fourth-order valence-corrected chi connectivity index (χ4v) is 2.26. The van der Waals surface area contributed by atoms with Crippen LogP contribution in [0.4, 0.5) is 10.1 Å². The smallest absolute Gasteiger partial charge is 0.340 e. The van der Waals surface area contributed by atoms with Gasteiger partial charge in [0.05, 0.1) is 18.4 Å². The molecule has 1 aliphatic rings. The molecule has 5 nitrogen and oxygen atoms in total. The van der Waals surface area contributed by atoms with Crippen molar-refractivity contribution in [1.82, 2.24) is 5.32 Å². The molecule has 1 unspecified atom stereocenters. The molecule has 20 heavy (non-hydrogen) atoms. The van der Waals surface area contributed by atoms with Crippen LogP contribution in [0.15, 0.2) is 18.2 Å². The molecule has 0 aliphatic carbocycles. The maximum absolute atomic E-state index is 13.2. The van der Waals surface area contributed by atoms with E-state index in [9.17, 15) is 14.0 Å². The van der Waals surface area contributed by atoms with Crippen LogP contribution >= 0.6 is 0 Å². The van der Waals surface area contributed by atoms with E-state index in [0.717, 1.165) is 25.5 Å². The highest BCUT2D eigenvalue weighted by Gasteiger charge is 2.20. The summed E-state index contributed by atoms with van der Waals surface area (Å²) in [7, 11) is 1.21. The average Bonchev–Trinajstić information content (AvgIpc) is 2.92. The number of hydrogen-bond acceptors (Lipinski definition) is 4. The maximum atomic E-state index is 13.2. The third kappa shape index (κ3) is 3.54. The number of hydrogen-bond donors (Lipinski definition) is 2. The minimum atomic E-state index is -0.682. The predicted octanol–water partition coefficient (Wildman–Crippen LogP) is 1.69. The first kappa shape index (κ1) is 14.5. The normalized spacial score (nSPS) is 17.8. The largest absolute Gasteiger partial charge is 0.465 e. The van der Waals surface area contributed by atoms with Crippen molar-refractivity contribution in [2.45, 2.75) is 25.3 Å². The number of methoxy groups -OCH3 is 1. The van der Waals surface area contributed by atoms with Crippen molar-refractivity contribution >= 4 is 17.6 Å². The van der Waals surface area contributed by atoms with E-state index < -0.39 is 11.8 Å². The van der Waals surface area contributed by atoms with Crippen LogP contribution in [0.25, 0.3) is 0 Å². The number of halogens is 1. The van der Waals surface area contributed by atoms with Gasteiger partial charge in [-0.15, -0.1) is 0 Å². The molecule has 6 heteroatoms. The topological polar surface area (TPSA) is 67.4 Å². The van der Waals surface area contributed by atoms with Crippen LogP contribution in [0.3, 0.4) is 0 Å². The lowest BCUT2D eigenvalue weighted by molar-refractivity contribution is -0.116. The van der Waals surface area contributed by atoms with Crippen molar-refractivity contribution in [3.63, 3.8) is 0 Å². The molecule has 1 atom stereocenters. The summed E-state index contributed by atoms with van der Waals surface area (Å²) in [5.41, 5.74) is 0.279. The van der Waals surface area contributed by atoms with Crippen LogP contribution in [0, 0.1) is 5.82 Å². The maximum Gasteiger partial charge on any atom is 0.340 e. The van der Waals surface area contributed by atoms with Gasteiger partial charge in [0.25, 0.3) is 0 Å². The lowest BCUT2D eigenvalue weighted by Crippen LogP contribution is -2.28. The summed E-state index contributed by atoms with van der Waals surface area (Å²) < 4.78 is 17.8. The first-order valence-electron chi connectivity index (χ1n) is 6.51. The van der Waals surface area contributed by atoms with Crippen molar-refractivity contribution in [3.8, 4) is 0 Å². The molecule has 0 spiro atoms. The quantitative estimate of drug-likeness (QED) is 0.824. The van der Waals surface area contributed by atoms with E-state index in [4.69, 9.17) is 0 Å². The number of amides is 1. The summed E-state index contributed by atoms with van der Waals surface area (Å²) >= 11 is 0. The molecule has 0 saturated carbocycles. The van der Waals surface area contributed by atoms with Gasteiger partial charge in [-0.3, -0.25) is 4.79 Å². The monoisotopic (exact) mass is 280 g/mol. The minimum Gasteiger partial charge on any atom is -0.465 e. The molecule has 1 aromatic rings. The number of esters is 1.